The van der Waals surface area contributed by atoms with Crippen molar-refractivity contribution in [1.29, 1.82) is 0 Å². The van der Waals surface area contributed by atoms with Crippen molar-refractivity contribution in [3.05, 3.63) is 42.0 Å². The van der Waals surface area contributed by atoms with E-state index in [4.69, 9.17) is 4.74 Å². The van der Waals surface area contributed by atoms with E-state index in [0.717, 1.165) is 11.4 Å². The van der Waals surface area contributed by atoms with Gasteiger partial charge in [-0.3, -0.25) is 4.98 Å². The molecule has 2 aromatic rings. The van der Waals surface area contributed by atoms with Crippen LogP contribution < -0.4 is 0 Å². The highest BCUT2D eigenvalue weighted by atomic mass is 16.5. The summed E-state index contributed by atoms with van der Waals surface area (Å²) in [6.07, 6.45) is 4.96. The lowest BCUT2D eigenvalue weighted by Gasteiger charge is -2.12. The molecule has 5 nitrogen and oxygen atoms in total. The molecule has 0 atom stereocenters. The second kappa shape index (κ2) is 5.65. The van der Waals surface area contributed by atoms with Crippen LogP contribution in [-0.2, 0) is 4.74 Å². The molecule has 2 aromatic heterocycles. The monoisotopic (exact) mass is 259 g/mol. The van der Waals surface area contributed by atoms with Gasteiger partial charge in [-0.1, -0.05) is 13.8 Å². The molecule has 0 aromatic carbocycles. The summed E-state index contributed by atoms with van der Waals surface area (Å²) in [5, 5.41) is 4.30. The maximum atomic E-state index is 11.9. The van der Waals surface area contributed by atoms with E-state index in [1.54, 1.807) is 30.2 Å². The molecule has 0 aliphatic heterocycles. The number of rotatable bonds is 4. The highest BCUT2D eigenvalue weighted by Gasteiger charge is 2.21. The number of esters is 1. The van der Waals surface area contributed by atoms with Crippen LogP contribution in [0.3, 0.4) is 0 Å². The predicted octanol–water partition coefficient (Wildman–Crippen LogP) is 2.57. The molecule has 19 heavy (non-hydrogen) atoms. The zero-order valence-electron chi connectivity index (χ0n) is 11.3. The van der Waals surface area contributed by atoms with E-state index in [0.29, 0.717) is 12.2 Å². The maximum absolute atomic E-state index is 11.9. The van der Waals surface area contributed by atoms with Gasteiger partial charge in [-0.05, 0) is 25.0 Å². The predicted molar refractivity (Wildman–Crippen MR) is 71.4 cm³/mol. The van der Waals surface area contributed by atoms with Gasteiger partial charge in [-0.25, -0.2) is 9.48 Å². The summed E-state index contributed by atoms with van der Waals surface area (Å²) in [7, 11) is 0. The van der Waals surface area contributed by atoms with Crippen LogP contribution in [-0.4, -0.2) is 27.3 Å². The molecule has 0 radical (unpaired) electrons. The quantitative estimate of drug-likeness (QED) is 0.792. The summed E-state index contributed by atoms with van der Waals surface area (Å²) >= 11 is 0. The minimum absolute atomic E-state index is 0.162. The summed E-state index contributed by atoms with van der Waals surface area (Å²) < 4.78 is 6.83. The van der Waals surface area contributed by atoms with E-state index in [-0.39, 0.29) is 11.9 Å². The number of carbonyl (C=O) groups excluding carboxylic acids is 1. The lowest BCUT2D eigenvalue weighted by atomic mass is 10.1. The molecule has 0 N–H and O–H groups in total. The summed E-state index contributed by atoms with van der Waals surface area (Å²) in [6, 6.07) is 3.71. The Morgan fingerprint density at radius 3 is 2.63 bits per heavy atom. The highest BCUT2D eigenvalue weighted by Crippen LogP contribution is 2.23. The summed E-state index contributed by atoms with van der Waals surface area (Å²) in [6.45, 7) is 6.20. The van der Waals surface area contributed by atoms with Crippen molar-refractivity contribution in [3.63, 3.8) is 0 Å². The molecule has 0 fully saturated rings. The van der Waals surface area contributed by atoms with Crippen molar-refractivity contribution < 1.29 is 9.53 Å². The number of hydrogen-bond acceptors (Lipinski definition) is 4. The fourth-order valence-electron chi connectivity index (χ4n) is 1.97. The summed E-state index contributed by atoms with van der Waals surface area (Å²) in [4.78, 5) is 15.9. The molecule has 0 spiro atoms. The van der Waals surface area contributed by atoms with Crippen molar-refractivity contribution in [1.82, 2.24) is 14.8 Å². The average Bonchev–Trinajstić information content (AvgIpc) is 2.85. The first-order valence-electron chi connectivity index (χ1n) is 6.30. The number of carbonyl (C=O) groups is 1. The van der Waals surface area contributed by atoms with Gasteiger partial charge in [0.25, 0.3) is 0 Å². The normalized spacial score (nSPS) is 10.7. The van der Waals surface area contributed by atoms with Gasteiger partial charge in [-0.15, -0.1) is 0 Å². The fourth-order valence-corrected chi connectivity index (χ4v) is 1.97. The van der Waals surface area contributed by atoms with E-state index in [1.165, 1.54) is 0 Å². The first-order valence-corrected chi connectivity index (χ1v) is 6.30. The molecular weight excluding hydrogens is 242 g/mol. The molecule has 0 saturated carbocycles. The van der Waals surface area contributed by atoms with Crippen molar-refractivity contribution in [3.8, 4) is 5.69 Å². The molecule has 0 saturated heterocycles. The highest BCUT2D eigenvalue weighted by molar-refractivity contribution is 5.90. The van der Waals surface area contributed by atoms with Crippen LogP contribution in [0.4, 0.5) is 0 Å². The molecule has 5 heteroatoms. The molecule has 0 aliphatic rings. The Morgan fingerprint density at radius 2 is 2.05 bits per heavy atom. The van der Waals surface area contributed by atoms with Gasteiger partial charge >= 0.3 is 5.97 Å². The first kappa shape index (κ1) is 13.3. The van der Waals surface area contributed by atoms with Crippen molar-refractivity contribution in [2.24, 2.45) is 0 Å². The average molecular weight is 259 g/mol. The second-order valence-electron chi connectivity index (χ2n) is 4.44. The van der Waals surface area contributed by atoms with Crippen LogP contribution in [0.25, 0.3) is 5.69 Å². The van der Waals surface area contributed by atoms with E-state index in [2.05, 4.69) is 10.1 Å². The molecule has 100 valence electrons. The number of nitrogens with zero attached hydrogens (tertiary/aromatic N) is 3. The maximum Gasteiger partial charge on any atom is 0.341 e. The Labute approximate surface area is 112 Å². The van der Waals surface area contributed by atoms with E-state index in [1.807, 2.05) is 26.0 Å². The Kier molecular flexibility index (Phi) is 3.94. The zero-order chi connectivity index (χ0) is 13.8. The van der Waals surface area contributed by atoms with Crippen LogP contribution in [0.2, 0.25) is 0 Å². The van der Waals surface area contributed by atoms with E-state index >= 15 is 0 Å². The minimum atomic E-state index is -0.327. The smallest absolute Gasteiger partial charge is 0.341 e. The third-order valence-electron chi connectivity index (χ3n) is 2.76. The van der Waals surface area contributed by atoms with Gasteiger partial charge in [0.15, 0.2) is 0 Å². The van der Waals surface area contributed by atoms with Crippen molar-refractivity contribution in [2.45, 2.75) is 26.7 Å². The third kappa shape index (κ3) is 2.65. The lowest BCUT2D eigenvalue weighted by molar-refractivity contribution is 0.0524. The molecule has 0 unspecified atom stereocenters. The van der Waals surface area contributed by atoms with Crippen LogP contribution >= 0.6 is 0 Å². The SMILES string of the molecule is CCOC(=O)c1cnn(-c2ccncc2)c1C(C)C. The molecular formula is C14H17N3O2. The first-order chi connectivity index (χ1) is 9.15. The van der Waals surface area contributed by atoms with Crippen molar-refractivity contribution >= 4 is 5.97 Å². The van der Waals surface area contributed by atoms with Crippen LogP contribution in [0.1, 0.15) is 42.7 Å². The van der Waals surface area contributed by atoms with E-state index in [9.17, 15) is 4.79 Å². The second-order valence-corrected chi connectivity index (χ2v) is 4.44. The topological polar surface area (TPSA) is 57.0 Å². The van der Waals surface area contributed by atoms with Gasteiger partial charge < -0.3 is 4.74 Å². The Morgan fingerprint density at radius 1 is 1.37 bits per heavy atom. The third-order valence-corrected chi connectivity index (χ3v) is 2.76. The standard InChI is InChI=1S/C14H17N3O2/c1-4-19-14(18)12-9-16-17(13(12)10(2)3)11-5-7-15-8-6-11/h5-10H,4H2,1-3H3. The number of aromatic nitrogens is 3. The summed E-state index contributed by atoms with van der Waals surface area (Å²) in [5.74, 6) is -0.165. The fraction of sp³-hybridized carbons (Fsp3) is 0.357. The van der Waals surface area contributed by atoms with Crippen LogP contribution in [0, 0.1) is 0 Å². The van der Waals surface area contributed by atoms with Gasteiger partial charge in [0.1, 0.15) is 5.56 Å². The molecule has 0 amide bonds. The molecule has 0 aliphatic carbocycles. The number of ether oxygens (including phenoxy) is 1. The Hall–Kier alpha value is -2.17. The van der Waals surface area contributed by atoms with Crippen LogP contribution in [0.5, 0.6) is 0 Å². The Bertz CT molecular complexity index is 561. The summed E-state index contributed by atoms with van der Waals surface area (Å²) in [5.41, 5.74) is 2.26. The van der Waals surface area contributed by atoms with Crippen molar-refractivity contribution in [2.75, 3.05) is 6.61 Å². The lowest BCUT2D eigenvalue weighted by Crippen LogP contribution is -2.11. The van der Waals surface area contributed by atoms with Gasteiger partial charge in [-0.2, -0.15) is 5.10 Å². The zero-order valence-corrected chi connectivity index (χ0v) is 11.3. The molecule has 0 bridgehead atoms. The van der Waals surface area contributed by atoms with E-state index < -0.39 is 0 Å². The van der Waals surface area contributed by atoms with Gasteiger partial charge in [0, 0.05) is 12.4 Å². The van der Waals surface area contributed by atoms with Gasteiger partial charge in [0.05, 0.1) is 24.2 Å². The molecule has 2 rings (SSSR count). The molecule has 2 heterocycles. The largest absolute Gasteiger partial charge is 0.462 e. The van der Waals surface area contributed by atoms with Gasteiger partial charge in [0.2, 0.25) is 0 Å². The number of hydrogen-bond donors (Lipinski definition) is 0. The minimum Gasteiger partial charge on any atom is -0.462 e. The Balaban J connectivity index is 2.49. The number of pyridine rings is 1. The van der Waals surface area contributed by atoms with Crippen LogP contribution in [0.15, 0.2) is 30.7 Å².